The molecule has 1 aromatic rings. The van der Waals surface area contributed by atoms with Gasteiger partial charge < -0.3 is 9.88 Å². The monoisotopic (exact) mass is 305 g/mol. The highest BCUT2D eigenvalue weighted by molar-refractivity contribution is 5.78. The lowest BCUT2D eigenvalue weighted by molar-refractivity contribution is -0.126. The zero-order chi connectivity index (χ0) is 15.6. The van der Waals surface area contributed by atoms with Gasteiger partial charge in [0, 0.05) is 31.4 Å². The van der Waals surface area contributed by atoms with Gasteiger partial charge in [0.25, 0.3) is 0 Å². The van der Waals surface area contributed by atoms with Crippen molar-refractivity contribution in [2.75, 3.05) is 6.54 Å². The van der Waals surface area contributed by atoms with E-state index in [-0.39, 0.29) is 11.8 Å². The number of carbonyl (C=O) groups is 1. The van der Waals surface area contributed by atoms with Crippen LogP contribution in [0.25, 0.3) is 0 Å². The summed E-state index contributed by atoms with van der Waals surface area (Å²) in [6, 6.07) is 0. The fourth-order valence-corrected chi connectivity index (χ4v) is 3.40. The molecule has 0 aromatic carbocycles. The summed E-state index contributed by atoms with van der Waals surface area (Å²) in [6.07, 6.45) is 16.4. The summed E-state index contributed by atoms with van der Waals surface area (Å²) < 4.78 is 2.08. The molecule has 1 fully saturated rings. The van der Waals surface area contributed by atoms with Crippen LogP contribution in [0.5, 0.6) is 0 Å². The van der Waals surface area contributed by atoms with Gasteiger partial charge in [-0.05, 0) is 44.4 Å². The van der Waals surface area contributed by atoms with Crippen molar-refractivity contribution < 1.29 is 4.79 Å². The van der Waals surface area contributed by atoms with Gasteiger partial charge in [-0.25, -0.2) is 4.98 Å². The van der Waals surface area contributed by atoms with Crippen LogP contribution in [0.3, 0.4) is 0 Å². The lowest BCUT2D eigenvalue weighted by Gasteiger charge is -2.27. The lowest BCUT2D eigenvalue weighted by atomic mass is 9.79. The van der Waals surface area contributed by atoms with Crippen LogP contribution in [0.15, 0.2) is 18.7 Å². The molecule has 0 aliphatic heterocycles. The number of amides is 1. The standard InChI is InChI=1S/C18H31N3O/c1-2-3-6-16-7-9-17(10-8-16)18(22)20-11-4-5-13-21-14-12-19-15-21/h12,14-17H,2-11,13H2,1H3,(H,20,22). The Labute approximate surface area is 134 Å². The van der Waals surface area contributed by atoms with Gasteiger partial charge in [0.2, 0.25) is 5.91 Å². The summed E-state index contributed by atoms with van der Waals surface area (Å²) >= 11 is 0. The molecule has 0 radical (unpaired) electrons. The van der Waals surface area contributed by atoms with E-state index < -0.39 is 0 Å². The Bertz CT molecular complexity index is 408. The fourth-order valence-electron chi connectivity index (χ4n) is 3.40. The second kappa shape index (κ2) is 9.65. The minimum Gasteiger partial charge on any atom is -0.356 e. The van der Waals surface area contributed by atoms with Gasteiger partial charge in [-0.1, -0.05) is 26.2 Å². The van der Waals surface area contributed by atoms with Crippen molar-refractivity contribution in [1.29, 1.82) is 0 Å². The van der Waals surface area contributed by atoms with Crippen molar-refractivity contribution in [2.24, 2.45) is 11.8 Å². The third kappa shape index (κ3) is 5.82. The van der Waals surface area contributed by atoms with Crippen LogP contribution in [-0.2, 0) is 11.3 Å². The van der Waals surface area contributed by atoms with Gasteiger partial charge in [0.1, 0.15) is 0 Å². The third-order valence-corrected chi connectivity index (χ3v) is 4.88. The predicted molar refractivity (Wildman–Crippen MR) is 89.4 cm³/mol. The average molecular weight is 305 g/mol. The first-order chi connectivity index (χ1) is 10.8. The predicted octanol–water partition coefficient (Wildman–Crippen LogP) is 3.78. The molecule has 22 heavy (non-hydrogen) atoms. The molecule has 1 N–H and O–H groups in total. The fraction of sp³-hybridized carbons (Fsp3) is 0.778. The molecule has 1 heterocycles. The number of aryl methyl sites for hydroxylation is 1. The molecule has 1 amide bonds. The molecule has 0 spiro atoms. The summed E-state index contributed by atoms with van der Waals surface area (Å²) in [5.74, 6) is 1.43. The molecule has 4 nitrogen and oxygen atoms in total. The smallest absolute Gasteiger partial charge is 0.223 e. The molecular weight excluding hydrogens is 274 g/mol. The van der Waals surface area contributed by atoms with Crippen molar-refractivity contribution in [3.8, 4) is 0 Å². The summed E-state index contributed by atoms with van der Waals surface area (Å²) in [5, 5.41) is 3.13. The summed E-state index contributed by atoms with van der Waals surface area (Å²) in [5.41, 5.74) is 0. The van der Waals surface area contributed by atoms with Gasteiger partial charge in [0.05, 0.1) is 6.33 Å². The first-order valence-electron chi connectivity index (χ1n) is 9.03. The van der Waals surface area contributed by atoms with E-state index in [1.165, 1.54) is 32.1 Å². The third-order valence-electron chi connectivity index (χ3n) is 4.88. The largest absolute Gasteiger partial charge is 0.356 e. The molecule has 2 rings (SSSR count). The molecule has 0 bridgehead atoms. The van der Waals surface area contributed by atoms with Crippen LogP contribution in [0, 0.1) is 11.8 Å². The van der Waals surface area contributed by atoms with E-state index in [0.29, 0.717) is 0 Å². The molecular formula is C18H31N3O. The number of rotatable bonds is 9. The molecule has 1 saturated carbocycles. The maximum absolute atomic E-state index is 12.2. The topological polar surface area (TPSA) is 46.9 Å². The van der Waals surface area contributed by atoms with Crippen LogP contribution in [0.4, 0.5) is 0 Å². The number of nitrogens with one attached hydrogen (secondary N) is 1. The van der Waals surface area contributed by atoms with Gasteiger partial charge in [-0.15, -0.1) is 0 Å². The SMILES string of the molecule is CCCCC1CCC(C(=O)NCCCCn2ccnc2)CC1. The number of hydrogen-bond acceptors (Lipinski definition) is 2. The van der Waals surface area contributed by atoms with Crippen molar-refractivity contribution in [1.82, 2.24) is 14.9 Å². The maximum atomic E-state index is 12.2. The summed E-state index contributed by atoms with van der Waals surface area (Å²) in [7, 11) is 0. The van der Waals surface area contributed by atoms with E-state index >= 15 is 0 Å². The van der Waals surface area contributed by atoms with Crippen LogP contribution in [0.1, 0.15) is 64.7 Å². The van der Waals surface area contributed by atoms with Gasteiger partial charge >= 0.3 is 0 Å². The van der Waals surface area contributed by atoms with Gasteiger partial charge in [-0.2, -0.15) is 0 Å². The molecule has 1 aromatic heterocycles. The highest BCUT2D eigenvalue weighted by Gasteiger charge is 2.25. The summed E-state index contributed by atoms with van der Waals surface area (Å²) in [4.78, 5) is 16.2. The summed E-state index contributed by atoms with van der Waals surface area (Å²) in [6.45, 7) is 4.05. The van der Waals surface area contributed by atoms with Crippen LogP contribution in [-0.4, -0.2) is 22.0 Å². The second-order valence-electron chi connectivity index (χ2n) is 6.66. The van der Waals surface area contributed by atoms with E-state index in [0.717, 1.165) is 44.7 Å². The Balaban J connectivity index is 1.52. The molecule has 0 unspecified atom stereocenters. The number of aromatic nitrogens is 2. The van der Waals surface area contributed by atoms with Gasteiger partial charge in [-0.3, -0.25) is 4.79 Å². The minimum absolute atomic E-state index is 0.270. The van der Waals surface area contributed by atoms with Crippen molar-refractivity contribution in [2.45, 2.75) is 71.3 Å². The second-order valence-corrected chi connectivity index (χ2v) is 6.66. The average Bonchev–Trinajstić information content (AvgIpc) is 3.06. The minimum atomic E-state index is 0.270. The first kappa shape index (κ1) is 17.0. The van der Waals surface area contributed by atoms with E-state index in [4.69, 9.17) is 0 Å². The Morgan fingerprint density at radius 3 is 2.73 bits per heavy atom. The molecule has 0 atom stereocenters. The molecule has 124 valence electrons. The Hall–Kier alpha value is -1.32. The number of unbranched alkanes of at least 4 members (excludes halogenated alkanes) is 2. The Kier molecular flexibility index (Phi) is 7.47. The zero-order valence-electron chi connectivity index (χ0n) is 14.0. The number of nitrogens with zero attached hydrogens (tertiary/aromatic N) is 2. The first-order valence-corrected chi connectivity index (χ1v) is 9.03. The number of imidazole rings is 1. The lowest BCUT2D eigenvalue weighted by Crippen LogP contribution is -2.33. The number of carbonyl (C=O) groups excluding carboxylic acids is 1. The molecule has 1 aliphatic carbocycles. The van der Waals surface area contributed by atoms with Crippen LogP contribution < -0.4 is 5.32 Å². The normalized spacial score (nSPS) is 21.7. The zero-order valence-corrected chi connectivity index (χ0v) is 14.0. The van der Waals surface area contributed by atoms with Crippen molar-refractivity contribution in [3.63, 3.8) is 0 Å². The Morgan fingerprint density at radius 2 is 2.05 bits per heavy atom. The number of hydrogen-bond donors (Lipinski definition) is 1. The van der Waals surface area contributed by atoms with Gasteiger partial charge in [0.15, 0.2) is 0 Å². The molecule has 1 aliphatic rings. The highest BCUT2D eigenvalue weighted by Crippen LogP contribution is 2.31. The quantitative estimate of drug-likeness (QED) is 0.706. The van der Waals surface area contributed by atoms with E-state index in [1.54, 1.807) is 6.20 Å². The van der Waals surface area contributed by atoms with Crippen molar-refractivity contribution >= 4 is 5.91 Å². The highest BCUT2D eigenvalue weighted by atomic mass is 16.1. The molecule has 0 saturated heterocycles. The van der Waals surface area contributed by atoms with Crippen LogP contribution >= 0.6 is 0 Å². The van der Waals surface area contributed by atoms with E-state index in [9.17, 15) is 4.79 Å². The van der Waals surface area contributed by atoms with Crippen molar-refractivity contribution in [3.05, 3.63) is 18.7 Å². The van der Waals surface area contributed by atoms with E-state index in [2.05, 4.69) is 21.8 Å². The maximum Gasteiger partial charge on any atom is 0.223 e. The van der Waals surface area contributed by atoms with E-state index in [1.807, 2.05) is 12.5 Å². The Morgan fingerprint density at radius 1 is 1.23 bits per heavy atom. The molecule has 4 heteroatoms. The van der Waals surface area contributed by atoms with Crippen LogP contribution in [0.2, 0.25) is 0 Å².